The number of rotatable bonds is 5. The van der Waals surface area contributed by atoms with Crippen molar-refractivity contribution in [2.75, 3.05) is 13.2 Å². The van der Waals surface area contributed by atoms with E-state index in [-0.39, 0.29) is 13.2 Å². The molecular weight excluding hydrogens is 507 g/mol. The summed E-state index contributed by atoms with van der Waals surface area (Å²) >= 11 is 8.86. The van der Waals surface area contributed by atoms with Crippen LogP contribution in [0, 0.1) is 3.57 Å². The van der Waals surface area contributed by atoms with Crippen molar-refractivity contribution >= 4 is 66.4 Å². The molecule has 108 valence electrons. The molecule has 0 saturated carbocycles. The zero-order valence-electron chi connectivity index (χ0n) is 10.5. The van der Waals surface area contributed by atoms with Crippen molar-refractivity contribution in [1.82, 2.24) is 0 Å². The van der Waals surface area contributed by atoms with Gasteiger partial charge in [0.15, 0.2) is 0 Å². The molecule has 0 unspecified atom stereocenters. The van der Waals surface area contributed by atoms with Crippen LogP contribution in [0.2, 0.25) is 0 Å². The third kappa shape index (κ3) is 5.17. The lowest BCUT2D eigenvalue weighted by molar-refractivity contribution is -0.140. The van der Waals surface area contributed by atoms with Gasteiger partial charge in [0.25, 0.3) is 0 Å². The first-order valence-electron chi connectivity index (χ1n) is 5.47. The SMILES string of the molecule is C=C(C)C(=O)OCCOC(=O)c1cc(Br)c(I)c(Br)c1. The Morgan fingerprint density at radius 1 is 1.20 bits per heavy atom. The molecule has 0 heterocycles. The number of halogens is 3. The van der Waals surface area contributed by atoms with Crippen molar-refractivity contribution in [2.45, 2.75) is 6.92 Å². The maximum absolute atomic E-state index is 11.8. The molecule has 4 nitrogen and oxygen atoms in total. The Kier molecular flexibility index (Phi) is 7.18. The lowest BCUT2D eigenvalue weighted by Gasteiger charge is -2.08. The standard InChI is InChI=1S/C13H11Br2IO4/c1-7(2)12(17)19-3-4-20-13(18)8-5-9(14)11(16)10(15)6-8/h5-6H,1,3-4H2,2H3. The van der Waals surface area contributed by atoms with Crippen LogP contribution in [0.25, 0.3) is 0 Å². The number of hydrogen-bond donors (Lipinski definition) is 0. The van der Waals surface area contributed by atoms with Crippen LogP contribution in [0.4, 0.5) is 0 Å². The summed E-state index contributed by atoms with van der Waals surface area (Å²) in [4.78, 5) is 22.9. The van der Waals surface area contributed by atoms with Crippen LogP contribution in [0.5, 0.6) is 0 Å². The molecule has 1 rings (SSSR count). The normalized spacial score (nSPS) is 10.0. The Bertz CT molecular complexity index is 534. The van der Waals surface area contributed by atoms with Gasteiger partial charge in [0, 0.05) is 18.1 Å². The predicted molar refractivity (Wildman–Crippen MR) is 90.6 cm³/mol. The third-order valence-electron chi connectivity index (χ3n) is 2.12. The lowest BCUT2D eigenvalue weighted by atomic mass is 10.2. The molecule has 7 heteroatoms. The monoisotopic (exact) mass is 516 g/mol. The molecule has 0 aliphatic rings. The molecule has 0 fully saturated rings. The summed E-state index contributed by atoms with van der Waals surface area (Å²) in [6, 6.07) is 3.35. The fourth-order valence-electron chi connectivity index (χ4n) is 1.15. The molecule has 0 bridgehead atoms. The molecule has 0 aliphatic carbocycles. The fraction of sp³-hybridized carbons (Fsp3) is 0.231. The van der Waals surface area contributed by atoms with E-state index in [1.165, 1.54) is 0 Å². The maximum atomic E-state index is 11.8. The van der Waals surface area contributed by atoms with E-state index in [4.69, 9.17) is 9.47 Å². The molecule has 1 aromatic rings. The Hall–Kier alpha value is -0.410. The van der Waals surface area contributed by atoms with Crippen molar-refractivity contribution in [3.8, 4) is 0 Å². The largest absolute Gasteiger partial charge is 0.459 e. The molecule has 0 atom stereocenters. The first kappa shape index (κ1) is 17.6. The molecule has 0 N–H and O–H groups in total. The summed E-state index contributed by atoms with van der Waals surface area (Å²) in [6.07, 6.45) is 0. The summed E-state index contributed by atoms with van der Waals surface area (Å²) in [5, 5.41) is 0. The van der Waals surface area contributed by atoms with E-state index >= 15 is 0 Å². The van der Waals surface area contributed by atoms with Crippen molar-refractivity contribution in [1.29, 1.82) is 0 Å². The van der Waals surface area contributed by atoms with E-state index in [0.29, 0.717) is 11.1 Å². The van der Waals surface area contributed by atoms with Crippen molar-refractivity contribution in [3.05, 3.63) is 42.4 Å². The molecule has 0 spiro atoms. The van der Waals surface area contributed by atoms with Crippen molar-refractivity contribution in [3.63, 3.8) is 0 Å². The minimum Gasteiger partial charge on any atom is -0.459 e. The smallest absolute Gasteiger partial charge is 0.338 e. The third-order valence-corrected chi connectivity index (χ3v) is 6.01. The average molecular weight is 518 g/mol. The van der Waals surface area contributed by atoms with Crippen LogP contribution >= 0.6 is 54.5 Å². The number of ether oxygens (including phenoxy) is 2. The highest BCUT2D eigenvalue weighted by atomic mass is 127. The van der Waals surface area contributed by atoms with Crippen LogP contribution < -0.4 is 0 Å². The van der Waals surface area contributed by atoms with E-state index in [9.17, 15) is 9.59 Å². The quantitative estimate of drug-likeness (QED) is 0.194. The van der Waals surface area contributed by atoms with E-state index in [1.807, 2.05) is 0 Å². The Balaban J connectivity index is 2.52. The van der Waals surface area contributed by atoms with Crippen molar-refractivity contribution in [2.24, 2.45) is 0 Å². The van der Waals surface area contributed by atoms with Crippen LogP contribution in [0.15, 0.2) is 33.2 Å². The first-order chi connectivity index (χ1) is 9.32. The zero-order valence-corrected chi connectivity index (χ0v) is 15.9. The molecule has 1 aromatic carbocycles. The van der Waals surface area contributed by atoms with Gasteiger partial charge in [-0.25, -0.2) is 9.59 Å². The number of carbonyl (C=O) groups excluding carboxylic acids is 2. The van der Waals surface area contributed by atoms with Crippen LogP contribution in [-0.2, 0) is 14.3 Å². The Morgan fingerprint density at radius 2 is 1.70 bits per heavy atom. The van der Waals surface area contributed by atoms with Gasteiger partial charge in [-0.3, -0.25) is 0 Å². The topological polar surface area (TPSA) is 52.6 Å². The second-order valence-electron chi connectivity index (χ2n) is 3.81. The molecule has 20 heavy (non-hydrogen) atoms. The Morgan fingerprint density at radius 3 is 2.20 bits per heavy atom. The number of esters is 2. The highest BCUT2D eigenvalue weighted by Crippen LogP contribution is 2.28. The summed E-state index contributed by atoms with van der Waals surface area (Å²) in [6.45, 7) is 5.00. The molecule has 0 saturated heterocycles. The van der Waals surface area contributed by atoms with Gasteiger partial charge in [-0.05, 0) is 73.5 Å². The summed E-state index contributed by atoms with van der Waals surface area (Å²) in [5.74, 6) is -0.977. The zero-order chi connectivity index (χ0) is 15.3. The minimum atomic E-state index is -0.499. The lowest BCUT2D eigenvalue weighted by Crippen LogP contribution is -2.14. The number of carbonyl (C=O) groups is 2. The molecular formula is C13H11Br2IO4. The van der Waals surface area contributed by atoms with Gasteiger partial charge in [0.2, 0.25) is 0 Å². The van der Waals surface area contributed by atoms with Gasteiger partial charge >= 0.3 is 11.9 Å². The maximum Gasteiger partial charge on any atom is 0.338 e. The van der Waals surface area contributed by atoms with Crippen LogP contribution in [0.1, 0.15) is 17.3 Å². The van der Waals surface area contributed by atoms with Gasteiger partial charge in [-0.1, -0.05) is 6.58 Å². The van der Waals surface area contributed by atoms with Crippen LogP contribution in [-0.4, -0.2) is 25.2 Å². The predicted octanol–water partition coefficient (Wildman–Crippen LogP) is 4.09. The highest BCUT2D eigenvalue weighted by Gasteiger charge is 2.12. The van der Waals surface area contributed by atoms with Crippen molar-refractivity contribution < 1.29 is 19.1 Å². The van der Waals surface area contributed by atoms with Gasteiger partial charge in [0.05, 0.1) is 5.56 Å². The van der Waals surface area contributed by atoms with Gasteiger partial charge in [-0.2, -0.15) is 0 Å². The summed E-state index contributed by atoms with van der Waals surface area (Å²) in [5.41, 5.74) is 0.720. The van der Waals surface area contributed by atoms with E-state index in [0.717, 1.165) is 12.5 Å². The molecule has 0 aliphatic heterocycles. The Labute approximate surface area is 147 Å². The minimum absolute atomic E-state index is 0.000915. The van der Waals surface area contributed by atoms with E-state index in [2.05, 4.69) is 61.0 Å². The van der Waals surface area contributed by atoms with Gasteiger partial charge in [0.1, 0.15) is 13.2 Å². The molecule has 0 aromatic heterocycles. The molecule has 0 amide bonds. The summed E-state index contributed by atoms with van der Waals surface area (Å²) in [7, 11) is 0. The van der Waals surface area contributed by atoms with Gasteiger partial charge < -0.3 is 9.47 Å². The number of benzene rings is 1. The average Bonchev–Trinajstić information content (AvgIpc) is 2.39. The van der Waals surface area contributed by atoms with E-state index < -0.39 is 11.9 Å². The number of hydrogen-bond acceptors (Lipinski definition) is 4. The van der Waals surface area contributed by atoms with Gasteiger partial charge in [-0.15, -0.1) is 0 Å². The first-order valence-corrected chi connectivity index (χ1v) is 8.13. The van der Waals surface area contributed by atoms with E-state index in [1.54, 1.807) is 19.1 Å². The van der Waals surface area contributed by atoms with Crippen LogP contribution in [0.3, 0.4) is 0 Å². The highest BCUT2D eigenvalue weighted by molar-refractivity contribution is 14.1. The second kappa shape index (κ2) is 8.14. The summed E-state index contributed by atoms with van der Waals surface area (Å²) < 4.78 is 12.4. The second-order valence-corrected chi connectivity index (χ2v) is 6.59. The molecule has 0 radical (unpaired) electrons. The fourth-order valence-corrected chi connectivity index (χ4v) is 2.65.